The molecule has 2 aromatic rings. The summed E-state index contributed by atoms with van der Waals surface area (Å²) in [6.45, 7) is 3.71. The van der Waals surface area contributed by atoms with Gasteiger partial charge in [0, 0.05) is 49.3 Å². The second-order valence-electron chi connectivity index (χ2n) is 9.02. The number of oxime groups is 1. The minimum absolute atomic E-state index is 0.0250. The Bertz CT molecular complexity index is 1030. The van der Waals surface area contributed by atoms with E-state index in [1.54, 1.807) is 6.20 Å². The molecule has 0 bridgehead atoms. The van der Waals surface area contributed by atoms with Gasteiger partial charge in [0.2, 0.25) is 5.91 Å². The summed E-state index contributed by atoms with van der Waals surface area (Å²) in [4.78, 5) is 26.4. The Hall–Kier alpha value is -3.07. The third-order valence-electron chi connectivity index (χ3n) is 6.78. The van der Waals surface area contributed by atoms with E-state index in [0.29, 0.717) is 37.5 Å². The molecule has 2 saturated heterocycles. The van der Waals surface area contributed by atoms with E-state index in [4.69, 9.17) is 10.6 Å². The molecule has 2 aliphatic rings. The lowest BCUT2D eigenvalue weighted by atomic mass is 9.86. The van der Waals surface area contributed by atoms with Crippen molar-refractivity contribution >= 4 is 17.4 Å². The van der Waals surface area contributed by atoms with Crippen LogP contribution in [0.4, 0.5) is 14.6 Å². The van der Waals surface area contributed by atoms with Crippen LogP contribution >= 0.6 is 0 Å². The van der Waals surface area contributed by atoms with Crippen molar-refractivity contribution in [2.75, 3.05) is 39.0 Å². The summed E-state index contributed by atoms with van der Waals surface area (Å²) in [6.07, 6.45) is 4.70. The maximum atomic E-state index is 14.4. The maximum Gasteiger partial charge on any atom is 0.225 e. The highest BCUT2D eigenvalue weighted by Crippen LogP contribution is 2.28. The molecule has 2 aliphatic heterocycles. The van der Waals surface area contributed by atoms with Gasteiger partial charge in [0.1, 0.15) is 24.6 Å². The number of benzene rings is 1. The van der Waals surface area contributed by atoms with Crippen LogP contribution in [0.25, 0.3) is 0 Å². The number of hydrogen-bond acceptors (Lipinski definition) is 6. The maximum absolute atomic E-state index is 14.4. The zero-order chi connectivity index (χ0) is 24.1. The lowest BCUT2D eigenvalue weighted by molar-refractivity contribution is -0.138. The molecule has 1 aromatic carbocycles. The van der Waals surface area contributed by atoms with Gasteiger partial charge in [-0.15, -0.1) is 0 Å². The number of nitrogen functional groups attached to an aromatic ring is 1. The van der Waals surface area contributed by atoms with Crippen molar-refractivity contribution < 1.29 is 18.4 Å². The Balaban J connectivity index is 1.30. The molecule has 34 heavy (non-hydrogen) atoms. The summed E-state index contributed by atoms with van der Waals surface area (Å²) in [5, 5.41) is 4.05. The molecule has 0 aliphatic carbocycles. The highest BCUT2D eigenvalue weighted by molar-refractivity contribution is 6.02. The van der Waals surface area contributed by atoms with Crippen LogP contribution < -0.4 is 5.73 Å². The fraction of sp³-hybridized carbons (Fsp3) is 0.480. The zero-order valence-electron chi connectivity index (χ0n) is 19.4. The van der Waals surface area contributed by atoms with Crippen LogP contribution in [0, 0.1) is 23.5 Å². The number of amides is 1. The first-order chi connectivity index (χ1) is 16.4. The van der Waals surface area contributed by atoms with Crippen LogP contribution in [0.15, 0.2) is 41.7 Å². The van der Waals surface area contributed by atoms with E-state index in [9.17, 15) is 13.6 Å². The van der Waals surface area contributed by atoms with Crippen molar-refractivity contribution in [1.82, 2.24) is 14.8 Å². The second-order valence-corrected chi connectivity index (χ2v) is 9.02. The van der Waals surface area contributed by atoms with Crippen molar-refractivity contribution in [3.8, 4) is 0 Å². The van der Waals surface area contributed by atoms with Crippen molar-refractivity contribution in [3.63, 3.8) is 0 Å². The standard InChI is InChI=1S/C25H31F2N5O2/c1-34-30-24(21-3-2-20(26)15-22(21)27)18-7-12-32(13-8-18)25(33)19-5-10-31(11-6-19)16-17-4-9-29-23(28)14-17/h2-4,9,14-15,18-19H,5-8,10-13,16H2,1H3,(H2,28,29). The van der Waals surface area contributed by atoms with Gasteiger partial charge in [0.15, 0.2) is 0 Å². The van der Waals surface area contributed by atoms with Crippen molar-refractivity contribution in [3.05, 3.63) is 59.3 Å². The SMILES string of the molecule is CON=C(c1ccc(F)cc1F)C1CCN(C(=O)C2CCN(Cc3ccnc(N)c3)CC2)CC1. The summed E-state index contributed by atoms with van der Waals surface area (Å²) in [7, 11) is 1.41. The Morgan fingerprint density at radius 2 is 1.79 bits per heavy atom. The van der Waals surface area contributed by atoms with Gasteiger partial charge in [-0.25, -0.2) is 13.8 Å². The van der Waals surface area contributed by atoms with Gasteiger partial charge < -0.3 is 15.5 Å². The predicted molar refractivity (Wildman–Crippen MR) is 126 cm³/mol. The number of likely N-dealkylation sites (tertiary alicyclic amines) is 2. The van der Waals surface area contributed by atoms with E-state index in [1.807, 2.05) is 17.0 Å². The first-order valence-electron chi connectivity index (χ1n) is 11.7. The highest BCUT2D eigenvalue weighted by atomic mass is 19.1. The molecule has 2 N–H and O–H groups in total. The molecule has 182 valence electrons. The molecule has 7 nitrogen and oxygen atoms in total. The van der Waals surface area contributed by atoms with Gasteiger partial charge in [-0.05, 0) is 68.6 Å². The van der Waals surface area contributed by atoms with Gasteiger partial charge in [0.05, 0.1) is 5.71 Å². The summed E-state index contributed by atoms with van der Waals surface area (Å²) in [6, 6.07) is 7.33. The average Bonchev–Trinajstić information content (AvgIpc) is 2.83. The van der Waals surface area contributed by atoms with Gasteiger partial charge in [-0.1, -0.05) is 5.16 Å². The molecule has 1 aromatic heterocycles. The van der Waals surface area contributed by atoms with Crippen molar-refractivity contribution in [1.29, 1.82) is 0 Å². The molecule has 1 amide bonds. The number of aromatic nitrogens is 1. The number of pyridine rings is 1. The van der Waals surface area contributed by atoms with Crippen LogP contribution in [0.3, 0.4) is 0 Å². The lowest BCUT2D eigenvalue weighted by Gasteiger charge is -2.37. The topological polar surface area (TPSA) is 84.0 Å². The van der Waals surface area contributed by atoms with Crippen molar-refractivity contribution in [2.24, 2.45) is 17.0 Å². The Morgan fingerprint density at radius 3 is 2.44 bits per heavy atom. The first-order valence-corrected chi connectivity index (χ1v) is 11.7. The summed E-state index contributed by atoms with van der Waals surface area (Å²) >= 11 is 0. The van der Waals surface area contributed by atoms with E-state index >= 15 is 0 Å². The first kappa shape index (κ1) is 24.1. The van der Waals surface area contributed by atoms with E-state index in [0.717, 1.165) is 44.1 Å². The lowest BCUT2D eigenvalue weighted by Crippen LogP contribution is -2.46. The molecule has 2 fully saturated rings. The number of hydrogen-bond donors (Lipinski definition) is 1. The van der Waals surface area contributed by atoms with Crippen LogP contribution in [0.5, 0.6) is 0 Å². The second kappa shape index (κ2) is 10.9. The fourth-order valence-electron chi connectivity index (χ4n) is 4.96. The molecular formula is C25H31F2N5O2. The summed E-state index contributed by atoms with van der Waals surface area (Å²) in [5.41, 5.74) is 7.62. The van der Waals surface area contributed by atoms with Gasteiger partial charge in [0.25, 0.3) is 0 Å². The molecule has 0 unspecified atom stereocenters. The number of piperidine rings is 2. The highest BCUT2D eigenvalue weighted by Gasteiger charge is 2.33. The molecule has 0 radical (unpaired) electrons. The van der Waals surface area contributed by atoms with Gasteiger partial charge in [-0.2, -0.15) is 0 Å². The number of nitrogens with two attached hydrogens (primary N) is 1. The predicted octanol–water partition coefficient (Wildman–Crippen LogP) is 3.44. The quantitative estimate of drug-likeness (QED) is 0.515. The smallest absolute Gasteiger partial charge is 0.225 e. The summed E-state index contributed by atoms with van der Waals surface area (Å²) < 4.78 is 27.7. The number of carbonyl (C=O) groups is 1. The van der Waals surface area contributed by atoms with Crippen molar-refractivity contribution in [2.45, 2.75) is 32.2 Å². The largest absolute Gasteiger partial charge is 0.399 e. The monoisotopic (exact) mass is 471 g/mol. The minimum atomic E-state index is -0.657. The van der Waals surface area contributed by atoms with Crippen LogP contribution in [-0.2, 0) is 16.2 Å². The molecule has 3 heterocycles. The van der Waals surface area contributed by atoms with E-state index in [1.165, 1.54) is 19.2 Å². The fourth-order valence-corrected chi connectivity index (χ4v) is 4.96. The molecule has 0 saturated carbocycles. The molecular weight excluding hydrogens is 440 g/mol. The zero-order valence-corrected chi connectivity index (χ0v) is 19.4. The number of nitrogens with zero attached hydrogens (tertiary/aromatic N) is 4. The molecule has 9 heteroatoms. The molecule has 0 atom stereocenters. The summed E-state index contributed by atoms with van der Waals surface area (Å²) in [5.74, 6) is -0.600. The van der Waals surface area contributed by atoms with Gasteiger partial charge >= 0.3 is 0 Å². The third kappa shape index (κ3) is 5.70. The third-order valence-corrected chi connectivity index (χ3v) is 6.78. The minimum Gasteiger partial charge on any atom is -0.399 e. The number of carbonyl (C=O) groups excluding carboxylic acids is 1. The number of halogens is 2. The Labute approximate surface area is 198 Å². The Morgan fingerprint density at radius 1 is 1.09 bits per heavy atom. The number of anilines is 1. The van der Waals surface area contributed by atoms with Gasteiger partial charge in [-0.3, -0.25) is 9.69 Å². The normalized spacial score (nSPS) is 18.8. The number of rotatable bonds is 6. The van der Waals surface area contributed by atoms with Crippen LogP contribution in [-0.4, -0.2) is 59.7 Å². The van der Waals surface area contributed by atoms with E-state index < -0.39 is 11.6 Å². The van der Waals surface area contributed by atoms with E-state index in [2.05, 4.69) is 15.0 Å². The Kier molecular flexibility index (Phi) is 7.72. The molecule has 4 rings (SSSR count). The van der Waals surface area contributed by atoms with E-state index in [-0.39, 0.29) is 23.3 Å². The van der Waals surface area contributed by atoms with Crippen LogP contribution in [0.2, 0.25) is 0 Å². The van der Waals surface area contributed by atoms with Crippen LogP contribution in [0.1, 0.15) is 36.8 Å². The average molecular weight is 472 g/mol. The molecule has 0 spiro atoms.